The number of benzene rings is 1. The third-order valence-electron chi connectivity index (χ3n) is 8.22. The van der Waals surface area contributed by atoms with E-state index in [0.29, 0.717) is 50.9 Å². The highest BCUT2D eigenvalue weighted by molar-refractivity contribution is 8.00. The molecular weight excluding hydrogens is 624 g/mol. The first-order chi connectivity index (χ1) is 22.4. The second-order valence-electron chi connectivity index (χ2n) is 12.0. The summed E-state index contributed by atoms with van der Waals surface area (Å²) in [5.41, 5.74) is 17.5. The molecule has 262 valence electrons. The summed E-state index contributed by atoms with van der Waals surface area (Å²) in [6, 6.07) is 4.49. The number of amides is 3. The molecule has 0 bridgehead atoms. The van der Waals surface area contributed by atoms with Crippen molar-refractivity contribution in [2.24, 2.45) is 34.0 Å². The first-order valence-electron chi connectivity index (χ1n) is 16.2. The maximum absolute atomic E-state index is 13.6. The van der Waals surface area contributed by atoms with Crippen molar-refractivity contribution in [1.82, 2.24) is 21.3 Å². The van der Waals surface area contributed by atoms with E-state index in [-0.39, 0.29) is 78.6 Å². The molecule has 0 aromatic heterocycles. The van der Waals surface area contributed by atoms with Crippen LogP contribution >= 0.6 is 11.8 Å². The van der Waals surface area contributed by atoms with E-state index < -0.39 is 24.0 Å². The Bertz CT molecular complexity index is 1210. The molecule has 3 amide bonds. The molecule has 0 saturated carbocycles. The summed E-state index contributed by atoms with van der Waals surface area (Å²) < 4.78 is 0. The lowest BCUT2D eigenvalue weighted by Gasteiger charge is -2.26. The summed E-state index contributed by atoms with van der Waals surface area (Å²) in [7, 11) is 0. The van der Waals surface area contributed by atoms with Crippen LogP contribution in [0.3, 0.4) is 0 Å². The van der Waals surface area contributed by atoms with Crippen molar-refractivity contribution in [2.45, 2.75) is 76.9 Å². The SMILES string of the molecule is CC[C@H](C)[C@@H]1NC(=O)CCNC(=O)CSC[C@@H](C(=O)CC[C@@H](CCCN=C(N)N)CN[C@@H](Cc2ccc(O)cc2)C(N)=O)NCC1=O. The number of nitrogens with one attached hydrogen (secondary N) is 4. The van der Waals surface area contributed by atoms with Gasteiger partial charge in [0, 0.05) is 31.7 Å². The number of carbonyl (C=O) groups excluding carboxylic acids is 5. The number of guanidine groups is 1. The highest BCUT2D eigenvalue weighted by Gasteiger charge is 2.28. The minimum absolute atomic E-state index is 0.00619. The van der Waals surface area contributed by atoms with E-state index in [1.54, 1.807) is 24.3 Å². The van der Waals surface area contributed by atoms with Gasteiger partial charge in [0.15, 0.2) is 17.5 Å². The number of ketones is 2. The molecule has 15 heteroatoms. The summed E-state index contributed by atoms with van der Waals surface area (Å²) in [4.78, 5) is 67.8. The Balaban J connectivity index is 2.12. The molecule has 14 nitrogen and oxygen atoms in total. The number of nitrogens with two attached hydrogens (primary N) is 3. The number of aromatic hydroxyl groups is 1. The van der Waals surface area contributed by atoms with Gasteiger partial charge < -0.3 is 38.3 Å². The second kappa shape index (κ2) is 21.2. The molecule has 11 N–H and O–H groups in total. The van der Waals surface area contributed by atoms with Gasteiger partial charge in [-0.2, -0.15) is 0 Å². The first-order valence-corrected chi connectivity index (χ1v) is 17.3. The van der Waals surface area contributed by atoms with Crippen molar-refractivity contribution in [3.63, 3.8) is 0 Å². The predicted molar refractivity (Wildman–Crippen MR) is 184 cm³/mol. The minimum Gasteiger partial charge on any atom is -0.508 e. The van der Waals surface area contributed by atoms with Crippen LogP contribution in [0.4, 0.5) is 0 Å². The monoisotopic (exact) mass is 676 g/mol. The summed E-state index contributed by atoms with van der Waals surface area (Å²) in [6.07, 6.45) is 3.09. The Hall–Kier alpha value is -3.69. The molecule has 47 heavy (non-hydrogen) atoms. The lowest BCUT2D eigenvalue weighted by Crippen LogP contribution is -2.51. The predicted octanol–water partition coefficient (Wildman–Crippen LogP) is -0.291. The van der Waals surface area contributed by atoms with Crippen LogP contribution in [0.25, 0.3) is 0 Å². The summed E-state index contributed by atoms with van der Waals surface area (Å²) in [5.74, 6) is -0.987. The molecule has 1 aliphatic heterocycles. The molecule has 1 fully saturated rings. The summed E-state index contributed by atoms with van der Waals surface area (Å²) in [6.45, 7) is 4.71. The zero-order valence-corrected chi connectivity index (χ0v) is 28.3. The summed E-state index contributed by atoms with van der Waals surface area (Å²) in [5, 5.41) is 21.4. The number of hydrogen-bond donors (Lipinski definition) is 8. The zero-order chi connectivity index (χ0) is 34.8. The van der Waals surface area contributed by atoms with Gasteiger partial charge in [0.2, 0.25) is 17.7 Å². The highest BCUT2D eigenvalue weighted by atomic mass is 32.2. The summed E-state index contributed by atoms with van der Waals surface area (Å²) >= 11 is 1.29. The molecule has 0 spiro atoms. The van der Waals surface area contributed by atoms with Crippen molar-refractivity contribution < 1.29 is 29.1 Å². The van der Waals surface area contributed by atoms with E-state index in [4.69, 9.17) is 17.2 Å². The fourth-order valence-electron chi connectivity index (χ4n) is 5.16. The molecule has 0 unspecified atom stereocenters. The largest absolute Gasteiger partial charge is 0.508 e. The second-order valence-corrected chi connectivity index (χ2v) is 13.0. The van der Waals surface area contributed by atoms with Gasteiger partial charge in [0.25, 0.3) is 0 Å². The molecule has 1 aromatic rings. The topological polar surface area (TPSA) is 244 Å². The number of aliphatic imine (C=N–C) groups is 1. The third-order valence-corrected chi connectivity index (χ3v) is 9.25. The van der Waals surface area contributed by atoms with Crippen molar-refractivity contribution in [2.75, 3.05) is 37.7 Å². The molecule has 5 atom stereocenters. The Labute approximate surface area is 281 Å². The van der Waals surface area contributed by atoms with E-state index in [0.717, 1.165) is 5.56 Å². The van der Waals surface area contributed by atoms with Crippen LogP contribution in [0, 0.1) is 11.8 Å². The molecule has 1 aliphatic rings. The van der Waals surface area contributed by atoms with E-state index in [9.17, 15) is 29.1 Å². The average molecular weight is 677 g/mol. The lowest BCUT2D eigenvalue weighted by atomic mass is 9.93. The van der Waals surface area contributed by atoms with Gasteiger partial charge in [-0.1, -0.05) is 32.4 Å². The fourth-order valence-corrected chi connectivity index (χ4v) is 6.11. The molecular formula is C32H52N8O6S. The standard InChI is InChI=1S/C32H52N8O6S/c1-3-20(2)30-27(43)17-39-25(18-47-19-29(45)36-14-12-28(44)40-30)26(42)11-8-22(5-4-13-37-32(34)35)16-38-24(31(33)46)15-21-6-9-23(41)10-7-21/h6-7,9-10,20,22,24-25,30,38-39,41H,3-5,8,11-19H2,1-2H3,(H2,33,46)(H,36,45)(H,40,44)(H4,34,35,37)/t20-,22+,24-,25-,30-/m0/s1. The van der Waals surface area contributed by atoms with Crippen LogP contribution in [0.5, 0.6) is 5.75 Å². The van der Waals surface area contributed by atoms with Crippen molar-refractivity contribution in [1.29, 1.82) is 0 Å². The van der Waals surface area contributed by atoms with Gasteiger partial charge in [-0.15, -0.1) is 11.8 Å². The minimum atomic E-state index is -0.706. The number of hydrogen-bond acceptors (Lipinski definition) is 10. The van der Waals surface area contributed by atoms with Gasteiger partial charge in [-0.05, 0) is 61.8 Å². The first kappa shape index (κ1) is 39.5. The zero-order valence-electron chi connectivity index (χ0n) is 27.5. The third kappa shape index (κ3) is 15.6. The van der Waals surface area contributed by atoms with Crippen LogP contribution in [0.2, 0.25) is 0 Å². The van der Waals surface area contributed by atoms with E-state index in [2.05, 4.69) is 26.3 Å². The van der Waals surface area contributed by atoms with Crippen LogP contribution in [-0.4, -0.2) is 96.2 Å². The van der Waals surface area contributed by atoms with Gasteiger partial charge >= 0.3 is 0 Å². The molecule has 1 saturated heterocycles. The number of primary amides is 1. The van der Waals surface area contributed by atoms with Crippen molar-refractivity contribution in [3.05, 3.63) is 29.8 Å². The number of carbonyl (C=O) groups is 5. The molecule has 1 aromatic carbocycles. The van der Waals surface area contributed by atoms with E-state index in [1.807, 2.05) is 13.8 Å². The Morgan fingerprint density at radius 3 is 2.49 bits per heavy atom. The van der Waals surface area contributed by atoms with Crippen LogP contribution in [0.1, 0.15) is 57.9 Å². The highest BCUT2D eigenvalue weighted by Crippen LogP contribution is 2.18. The maximum atomic E-state index is 13.6. The average Bonchev–Trinajstić information content (AvgIpc) is 3.03. The van der Waals surface area contributed by atoms with Crippen molar-refractivity contribution >= 4 is 47.0 Å². The number of phenolic OH excluding ortho intramolecular Hbond substituents is 1. The molecule has 0 radical (unpaired) electrons. The Morgan fingerprint density at radius 1 is 1.11 bits per heavy atom. The van der Waals surface area contributed by atoms with Crippen LogP contribution < -0.4 is 38.5 Å². The normalized spacial score (nSPS) is 20.2. The number of thioether (sulfide) groups is 1. The Kier molecular flexibility index (Phi) is 17.8. The fraction of sp³-hybridized carbons (Fsp3) is 0.625. The number of Topliss-reactive ketones (excluding diaryl/α,β-unsaturated/α-hetero) is 2. The van der Waals surface area contributed by atoms with Gasteiger partial charge in [-0.25, -0.2) is 0 Å². The van der Waals surface area contributed by atoms with Gasteiger partial charge in [0.05, 0.1) is 30.4 Å². The smallest absolute Gasteiger partial charge is 0.234 e. The quantitative estimate of drug-likeness (QED) is 0.0642. The van der Waals surface area contributed by atoms with Crippen molar-refractivity contribution in [3.8, 4) is 5.75 Å². The molecule has 2 rings (SSSR count). The molecule has 0 aliphatic carbocycles. The Morgan fingerprint density at radius 2 is 1.83 bits per heavy atom. The molecule has 1 heterocycles. The van der Waals surface area contributed by atoms with Gasteiger partial charge in [-0.3, -0.25) is 34.3 Å². The van der Waals surface area contributed by atoms with E-state index in [1.165, 1.54) is 11.8 Å². The van der Waals surface area contributed by atoms with Crippen LogP contribution in [0.15, 0.2) is 29.3 Å². The van der Waals surface area contributed by atoms with Crippen LogP contribution in [-0.2, 0) is 30.4 Å². The number of nitrogens with zero attached hydrogens (tertiary/aromatic N) is 1. The van der Waals surface area contributed by atoms with E-state index >= 15 is 0 Å². The van der Waals surface area contributed by atoms with Gasteiger partial charge in [0.1, 0.15) is 5.75 Å². The number of rotatable bonds is 16. The number of phenols is 1. The maximum Gasteiger partial charge on any atom is 0.234 e. The lowest BCUT2D eigenvalue weighted by molar-refractivity contribution is -0.129.